The number of nitrogens with one attached hydrogen (secondary N) is 1. The van der Waals surface area contributed by atoms with E-state index in [0.29, 0.717) is 22.6 Å². The van der Waals surface area contributed by atoms with Gasteiger partial charge in [0.05, 0.1) is 5.52 Å². The SMILES string of the molecule is CC(OC=O)C(=O)Nc1c(N)nc(-c2nc(Cc3ccccc3F)n3ncccc23)nc1N. The summed E-state index contributed by atoms with van der Waals surface area (Å²) in [4.78, 5) is 35.6. The van der Waals surface area contributed by atoms with Crippen molar-refractivity contribution in [1.29, 1.82) is 0 Å². The van der Waals surface area contributed by atoms with E-state index in [2.05, 4.69) is 30.1 Å². The third-order valence-corrected chi connectivity index (χ3v) is 4.84. The van der Waals surface area contributed by atoms with Gasteiger partial charge in [0.2, 0.25) is 0 Å². The number of amides is 1. The lowest BCUT2D eigenvalue weighted by Crippen LogP contribution is -2.28. The Morgan fingerprint density at radius 2 is 1.91 bits per heavy atom. The predicted molar refractivity (Wildman–Crippen MR) is 117 cm³/mol. The molecule has 0 saturated carbocycles. The summed E-state index contributed by atoms with van der Waals surface area (Å²) >= 11 is 0. The van der Waals surface area contributed by atoms with Gasteiger partial charge in [-0.2, -0.15) is 5.10 Å². The molecule has 1 amide bonds. The molecule has 0 aliphatic heterocycles. The van der Waals surface area contributed by atoms with Gasteiger partial charge in [0.25, 0.3) is 12.4 Å². The molecule has 4 rings (SSSR count). The molecule has 4 aromatic rings. The zero-order valence-corrected chi connectivity index (χ0v) is 17.4. The van der Waals surface area contributed by atoms with Gasteiger partial charge in [-0.15, -0.1) is 0 Å². The molecule has 0 bridgehead atoms. The number of rotatable bonds is 7. The fourth-order valence-corrected chi connectivity index (χ4v) is 3.18. The molecule has 33 heavy (non-hydrogen) atoms. The number of nitrogens with zero attached hydrogens (tertiary/aromatic N) is 5. The number of hydrogen-bond acceptors (Lipinski definition) is 9. The van der Waals surface area contributed by atoms with E-state index in [1.807, 2.05) is 0 Å². The van der Waals surface area contributed by atoms with Gasteiger partial charge in [-0.1, -0.05) is 18.2 Å². The highest BCUT2D eigenvalue weighted by Gasteiger charge is 2.22. The Labute approximate surface area is 186 Å². The van der Waals surface area contributed by atoms with E-state index in [9.17, 15) is 14.0 Å². The first-order valence-corrected chi connectivity index (χ1v) is 9.78. The zero-order chi connectivity index (χ0) is 23.5. The van der Waals surface area contributed by atoms with Crippen LogP contribution in [-0.4, -0.2) is 43.0 Å². The lowest BCUT2D eigenvalue weighted by atomic mass is 10.1. The fourth-order valence-electron chi connectivity index (χ4n) is 3.18. The average molecular weight is 450 g/mol. The molecule has 0 aliphatic carbocycles. The number of nitrogens with two attached hydrogens (primary N) is 2. The largest absolute Gasteiger partial charge is 0.455 e. The number of fused-ring (bicyclic) bond motifs is 1. The van der Waals surface area contributed by atoms with Gasteiger partial charge in [0.15, 0.2) is 23.6 Å². The number of ether oxygens (including phenoxy) is 1. The van der Waals surface area contributed by atoms with Crippen molar-refractivity contribution >= 4 is 35.2 Å². The van der Waals surface area contributed by atoms with Crippen LogP contribution in [0.3, 0.4) is 0 Å². The maximum Gasteiger partial charge on any atom is 0.293 e. The summed E-state index contributed by atoms with van der Waals surface area (Å²) in [5, 5.41) is 6.75. The van der Waals surface area contributed by atoms with Crippen molar-refractivity contribution < 1.29 is 18.7 Å². The number of anilines is 3. The second-order valence-electron chi connectivity index (χ2n) is 7.02. The smallest absolute Gasteiger partial charge is 0.293 e. The highest BCUT2D eigenvalue weighted by molar-refractivity contribution is 5.99. The molecule has 0 radical (unpaired) electrons. The van der Waals surface area contributed by atoms with Crippen molar-refractivity contribution in [2.75, 3.05) is 16.8 Å². The van der Waals surface area contributed by atoms with E-state index in [4.69, 9.17) is 11.5 Å². The Kier molecular flexibility index (Phi) is 5.81. The van der Waals surface area contributed by atoms with Crippen LogP contribution in [0, 0.1) is 5.82 Å². The summed E-state index contributed by atoms with van der Waals surface area (Å²) in [7, 11) is 0. The maximum absolute atomic E-state index is 14.2. The molecule has 0 fully saturated rings. The van der Waals surface area contributed by atoms with Gasteiger partial charge in [-0.05, 0) is 30.7 Å². The van der Waals surface area contributed by atoms with Crippen LogP contribution in [0.25, 0.3) is 17.0 Å². The first-order valence-electron chi connectivity index (χ1n) is 9.78. The molecule has 5 N–H and O–H groups in total. The Balaban J connectivity index is 1.73. The molecular formula is C21H19FN8O3. The molecule has 168 valence electrons. The third-order valence-electron chi connectivity index (χ3n) is 4.84. The Morgan fingerprint density at radius 3 is 2.61 bits per heavy atom. The van der Waals surface area contributed by atoms with E-state index in [0.717, 1.165) is 0 Å². The summed E-state index contributed by atoms with van der Waals surface area (Å²) in [6.45, 7) is 1.54. The van der Waals surface area contributed by atoms with Crippen LogP contribution >= 0.6 is 0 Å². The molecule has 0 spiro atoms. The summed E-state index contributed by atoms with van der Waals surface area (Å²) in [6, 6.07) is 9.85. The van der Waals surface area contributed by atoms with Crippen LogP contribution in [0.4, 0.5) is 21.7 Å². The van der Waals surface area contributed by atoms with Gasteiger partial charge >= 0.3 is 0 Å². The predicted octanol–water partition coefficient (Wildman–Crippen LogP) is 1.58. The van der Waals surface area contributed by atoms with E-state index in [-0.39, 0.29) is 41.9 Å². The molecule has 12 heteroatoms. The van der Waals surface area contributed by atoms with E-state index < -0.39 is 12.0 Å². The van der Waals surface area contributed by atoms with Crippen molar-refractivity contribution in [2.45, 2.75) is 19.4 Å². The quantitative estimate of drug-likeness (QED) is 0.355. The molecular weight excluding hydrogens is 431 g/mol. The Hall–Kier alpha value is -4.61. The van der Waals surface area contributed by atoms with E-state index in [1.165, 1.54) is 13.0 Å². The number of nitrogen functional groups attached to an aromatic ring is 2. The summed E-state index contributed by atoms with van der Waals surface area (Å²) in [5.41, 5.74) is 13.4. The first-order chi connectivity index (χ1) is 15.9. The minimum absolute atomic E-state index is 0.0154. The third kappa shape index (κ3) is 4.26. The van der Waals surface area contributed by atoms with Crippen molar-refractivity contribution in [3.63, 3.8) is 0 Å². The molecule has 11 nitrogen and oxygen atoms in total. The molecule has 0 saturated heterocycles. The highest BCUT2D eigenvalue weighted by atomic mass is 19.1. The summed E-state index contributed by atoms with van der Waals surface area (Å²) in [6.07, 6.45) is 0.692. The number of benzene rings is 1. The zero-order valence-electron chi connectivity index (χ0n) is 17.4. The fraction of sp³-hybridized carbons (Fsp3) is 0.143. The number of hydrogen-bond donors (Lipinski definition) is 3. The second-order valence-corrected chi connectivity index (χ2v) is 7.02. The van der Waals surface area contributed by atoms with Crippen LogP contribution in [0.15, 0.2) is 42.6 Å². The molecule has 3 aromatic heterocycles. The Bertz CT molecular complexity index is 1330. The van der Waals surface area contributed by atoms with Gasteiger partial charge in [0, 0.05) is 12.6 Å². The summed E-state index contributed by atoms with van der Waals surface area (Å²) < 4.78 is 20.3. The van der Waals surface area contributed by atoms with Gasteiger partial charge in [-0.25, -0.2) is 23.9 Å². The molecule has 1 aromatic carbocycles. The topological polar surface area (TPSA) is 163 Å². The average Bonchev–Trinajstić information content (AvgIpc) is 3.16. The number of imidazole rings is 1. The molecule has 1 atom stereocenters. The van der Waals surface area contributed by atoms with Crippen molar-refractivity contribution in [1.82, 2.24) is 24.6 Å². The van der Waals surface area contributed by atoms with Crippen molar-refractivity contribution in [3.8, 4) is 11.5 Å². The number of carbonyl (C=O) groups excluding carboxylic acids is 2. The van der Waals surface area contributed by atoms with Crippen molar-refractivity contribution in [3.05, 3.63) is 59.8 Å². The van der Waals surface area contributed by atoms with Gasteiger partial charge < -0.3 is 21.5 Å². The van der Waals surface area contributed by atoms with Crippen LogP contribution in [0.1, 0.15) is 18.3 Å². The molecule has 1 unspecified atom stereocenters. The number of aromatic nitrogens is 5. The maximum atomic E-state index is 14.2. The lowest BCUT2D eigenvalue weighted by Gasteiger charge is -2.13. The minimum Gasteiger partial charge on any atom is -0.455 e. The number of carbonyl (C=O) groups is 2. The highest BCUT2D eigenvalue weighted by Crippen LogP contribution is 2.29. The van der Waals surface area contributed by atoms with E-state index >= 15 is 0 Å². The Morgan fingerprint density at radius 1 is 1.18 bits per heavy atom. The van der Waals surface area contributed by atoms with Crippen LogP contribution in [-0.2, 0) is 20.7 Å². The summed E-state index contributed by atoms with van der Waals surface area (Å²) in [5.74, 6) is -0.658. The van der Waals surface area contributed by atoms with Crippen LogP contribution in [0.5, 0.6) is 0 Å². The minimum atomic E-state index is -1.06. The number of halogens is 1. The van der Waals surface area contributed by atoms with E-state index in [1.54, 1.807) is 41.0 Å². The van der Waals surface area contributed by atoms with Crippen LogP contribution < -0.4 is 16.8 Å². The molecule has 3 heterocycles. The molecule has 0 aliphatic rings. The first kappa shape index (κ1) is 21.6. The second kappa shape index (κ2) is 8.86. The van der Waals surface area contributed by atoms with Gasteiger partial charge in [-0.3, -0.25) is 9.59 Å². The standard InChI is InChI=1S/C21H19FN8O3/c1-11(33-10-31)21(32)27-17-18(23)28-20(29-19(17)24)16-14-7-4-8-25-30(14)15(26-16)9-12-5-2-3-6-13(12)22/h2-8,10-11H,9H2,1H3,(H,27,32)(H4,23,24,28,29). The van der Waals surface area contributed by atoms with Crippen LogP contribution in [0.2, 0.25) is 0 Å². The lowest BCUT2D eigenvalue weighted by molar-refractivity contribution is -0.141. The monoisotopic (exact) mass is 450 g/mol. The normalized spacial score (nSPS) is 11.8. The van der Waals surface area contributed by atoms with Crippen molar-refractivity contribution in [2.24, 2.45) is 0 Å². The van der Waals surface area contributed by atoms with Gasteiger partial charge in [0.1, 0.15) is 23.0 Å².